The number of anilines is 2. The first-order valence-electron chi connectivity index (χ1n) is 14.9. The minimum Gasteiger partial charge on any atom is -0.435 e. The van der Waals surface area contributed by atoms with E-state index in [1.807, 2.05) is 9.80 Å². The van der Waals surface area contributed by atoms with E-state index in [0.29, 0.717) is 70.4 Å². The zero-order chi connectivity index (χ0) is 34.0. The quantitative estimate of drug-likeness (QED) is 0.314. The third-order valence-corrected chi connectivity index (χ3v) is 8.59. The highest BCUT2D eigenvalue weighted by Crippen LogP contribution is 2.41. The van der Waals surface area contributed by atoms with E-state index in [2.05, 4.69) is 20.6 Å². The summed E-state index contributed by atoms with van der Waals surface area (Å²) >= 11 is 6.36. The maximum atomic E-state index is 14.6. The number of benzene rings is 2. The smallest absolute Gasteiger partial charge is 0.416 e. The number of rotatable bonds is 8. The van der Waals surface area contributed by atoms with E-state index in [9.17, 15) is 31.1 Å². The van der Waals surface area contributed by atoms with Crippen LogP contribution in [0.2, 0.25) is 5.02 Å². The highest BCUT2D eigenvalue weighted by atomic mass is 35.5. The van der Waals surface area contributed by atoms with E-state index < -0.39 is 40.4 Å². The Hall–Kier alpha value is -3.66. The molecule has 2 N–H and O–H groups in total. The van der Waals surface area contributed by atoms with Crippen molar-refractivity contribution in [3.63, 3.8) is 0 Å². The molecule has 2 aromatic carbocycles. The molecule has 1 unspecified atom stereocenters. The van der Waals surface area contributed by atoms with Gasteiger partial charge < -0.3 is 25.2 Å². The number of nitrogens with zero attached hydrogens (tertiary/aromatic N) is 5. The molecule has 16 heteroatoms. The first-order chi connectivity index (χ1) is 22.2. The van der Waals surface area contributed by atoms with Gasteiger partial charge in [0.15, 0.2) is 0 Å². The van der Waals surface area contributed by atoms with Gasteiger partial charge in [0.25, 0.3) is 0 Å². The number of hydrogen-bond acceptors (Lipinski definition) is 8. The van der Waals surface area contributed by atoms with Crippen LogP contribution in [0.4, 0.5) is 38.0 Å². The number of ether oxygens (including phenoxy) is 1. The number of nitrogens with one attached hydrogen (secondary N) is 2. The molecule has 9 nitrogen and oxygen atoms in total. The molecular formula is C31H34ClF6N7O2. The van der Waals surface area contributed by atoms with E-state index in [1.54, 1.807) is 24.3 Å². The van der Waals surface area contributed by atoms with Gasteiger partial charge in [0, 0.05) is 66.0 Å². The zero-order valence-electron chi connectivity index (χ0n) is 25.7. The molecule has 3 aromatic rings. The number of likely N-dealkylation sites (N-methyl/N-ethyl adjacent to an activating group) is 1. The predicted molar refractivity (Wildman–Crippen MR) is 165 cm³/mol. The Balaban J connectivity index is 1.62. The second-order valence-corrected chi connectivity index (χ2v) is 12.1. The van der Waals surface area contributed by atoms with Crippen LogP contribution in [0.3, 0.4) is 0 Å². The van der Waals surface area contributed by atoms with Crippen molar-refractivity contribution in [2.45, 2.75) is 24.7 Å². The van der Waals surface area contributed by atoms with Gasteiger partial charge in [-0.05, 0) is 42.8 Å². The lowest BCUT2D eigenvalue weighted by Crippen LogP contribution is -2.54. The standard InChI is InChI=1S/C31H34ClF6N7O2/c1-29(19-44-11-7-39-8-12-44,20-15-21(30(33,34)35)17-22(16-20)31(36,37)38)27(46)43(2)24-18-41-28(45-13-9-40-10-14-45)42-26(24)47-25-6-4-3-5-23(25)32/h3-6,15-18,39-40H,7-14,19H2,1-2H3. The molecule has 5 rings (SSSR count). The number of carbonyl (C=O) groups is 1. The summed E-state index contributed by atoms with van der Waals surface area (Å²) in [5.74, 6) is -0.319. The molecule has 1 atom stereocenters. The predicted octanol–water partition coefficient (Wildman–Crippen LogP) is 5.20. The van der Waals surface area contributed by atoms with E-state index in [1.165, 1.54) is 20.2 Å². The van der Waals surface area contributed by atoms with Crippen molar-refractivity contribution in [3.05, 3.63) is 70.4 Å². The second kappa shape index (κ2) is 13.8. The molecule has 1 amide bonds. The number of amides is 1. The van der Waals surface area contributed by atoms with Crippen molar-refractivity contribution in [2.24, 2.45) is 0 Å². The van der Waals surface area contributed by atoms with E-state index in [-0.39, 0.29) is 35.0 Å². The Morgan fingerprint density at radius 3 is 2.04 bits per heavy atom. The van der Waals surface area contributed by atoms with Crippen LogP contribution in [0.15, 0.2) is 48.7 Å². The van der Waals surface area contributed by atoms with Crippen molar-refractivity contribution in [2.75, 3.05) is 75.8 Å². The molecule has 0 saturated carbocycles. The van der Waals surface area contributed by atoms with Crippen LogP contribution < -0.4 is 25.2 Å². The third kappa shape index (κ3) is 7.91. The van der Waals surface area contributed by atoms with Gasteiger partial charge in [-0.25, -0.2) is 4.98 Å². The Morgan fingerprint density at radius 2 is 1.47 bits per heavy atom. The number of carbonyl (C=O) groups excluding carboxylic acids is 1. The highest BCUT2D eigenvalue weighted by molar-refractivity contribution is 6.32. The van der Waals surface area contributed by atoms with Crippen LogP contribution in [0.25, 0.3) is 0 Å². The van der Waals surface area contributed by atoms with Gasteiger partial charge in [-0.2, -0.15) is 31.3 Å². The maximum absolute atomic E-state index is 14.6. The summed E-state index contributed by atoms with van der Waals surface area (Å²) in [6.45, 7) is 5.70. The summed E-state index contributed by atoms with van der Waals surface area (Å²) in [7, 11) is 1.36. The fourth-order valence-electron chi connectivity index (χ4n) is 5.66. The lowest BCUT2D eigenvalue weighted by molar-refractivity contribution is -0.143. The largest absolute Gasteiger partial charge is 0.435 e. The number of halogens is 7. The molecule has 2 aliphatic heterocycles. The summed E-state index contributed by atoms with van der Waals surface area (Å²) < 4.78 is 89.9. The van der Waals surface area contributed by atoms with Gasteiger partial charge in [0.1, 0.15) is 11.4 Å². The first-order valence-corrected chi connectivity index (χ1v) is 15.3. The van der Waals surface area contributed by atoms with Crippen molar-refractivity contribution < 1.29 is 35.9 Å². The molecule has 0 radical (unpaired) electrons. The van der Waals surface area contributed by atoms with E-state index >= 15 is 0 Å². The van der Waals surface area contributed by atoms with Crippen molar-refractivity contribution >= 4 is 29.1 Å². The molecule has 2 saturated heterocycles. The van der Waals surface area contributed by atoms with Crippen LogP contribution in [-0.4, -0.2) is 86.7 Å². The average molecular weight is 686 g/mol. The van der Waals surface area contributed by atoms with Crippen LogP contribution in [0, 0.1) is 0 Å². The normalized spacial score (nSPS) is 17.7. The fraction of sp³-hybridized carbons (Fsp3) is 0.452. The second-order valence-electron chi connectivity index (χ2n) is 11.6. The summed E-state index contributed by atoms with van der Waals surface area (Å²) in [4.78, 5) is 28.5. The Morgan fingerprint density at radius 1 is 0.915 bits per heavy atom. The number of alkyl halides is 6. The number of aromatic nitrogens is 2. The molecule has 3 heterocycles. The van der Waals surface area contributed by atoms with Gasteiger partial charge in [-0.3, -0.25) is 9.69 Å². The topological polar surface area (TPSA) is 85.9 Å². The third-order valence-electron chi connectivity index (χ3n) is 8.28. The van der Waals surface area contributed by atoms with E-state index in [0.717, 1.165) is 4.90 Å². The summed E-state index contributed by atoms with van der Waals surface area (Å²) in [5.41, 5.74) is -5.27. The van der Waals surface area contributed by atoms with Crippen LogP contribution in [0.1, 0.15) is 23.6 Å². The lowest BCUT2D eigenvalue weighted by atomic mass is 9.78. The molecule has 254 valence electrons. The van der Waals surface area contributed by atoms with Gasteiger partial charge >= 0.3 is 12.4 Å². The van der Waals surface area contributed by atoms with Crippen LogP contribution in [-0.2, 0) is 22.6 Å². The van der Waals surface area contributed by atoms with Gasteiger partial charge in [-0.1, -0.05) is 23.7 Å². The number of piperazine rings is 2. The minimum absolute atomic E-state index is 0.0448. The SMILES string of the molecule is CN(C(=O)C(C)(CN1CCNCC1)c1cc(C(F)(F)F)cc(C(F)(F)F)c1)c1cnc(N2CCNCC2)nc1Oc1ccccc1Cl. The lowest BCUT2D eigenvalue weighted by Gasteiger charge is -2.39. The van der Waals surface area contributed by atoms with Crippen molar-refractivity contribution in [1.82, 2.24) is 25.5 Å². The number of para-hydroxylation sites is 1. The van der Waals surface area contributed by atoms with Crippen molar-refractivity contribution in [3.8, 4) is 11.6 Å². The van der Waals surface area contributed by atoms with Crippen LogP contribution in [0.5, 0.6) is 11.6 Å². The molecule has 47 heavy (non-hydrogen) atoms. The summed E-state index contributed by atoms with van der Waals surface area (Å²) in [5, 5.41) is 6.64. The van der Waals surface area contributed by atoms with Gasteiger partial charge in [0.05, 0.1) is 27.8 Å². The van der Waals surface area contributed by atoms with Gasteiger partial charge in [0.2, 0.25) is 17.7 Å². The molecule has 0 bridgehead atoms. The van der Waals surface area contributed by atoms with Gasteiger partial charge in [-0.15, -0.1) is 0 Å². The average Bonchev–Trinajstić information content (AvgIpc) is 3.05. The van der Waals surface area contributed by atoms with Crippen molar-refractivity contribution in [1.29, 1.82) is 0 Å². The summed E-state index contributed by atoms with van der Waals surface area (Å²) in [6, 6.07) is 7.87. The summed E-state index contributed by atoms with van der Waals surface area (Å²) in [6.07, 6.45) is -8.83. The van der Waals surface area contributed by atoms with Crippen LogP contribution >= 0.6 is 11.6 Å². The Kier molecular flexibility index (Phi) is 10.2. The monoisotopic (exact) mass is 685 g/mol. The van der Waals surface area contributed by atoms with E-state index in [4.69, 9.17) is 16.3 Å². The molecule has 0 spiro atoms. The molecular weight excluding hydrogens is 652 g/mol. The molecule has 0 aliphatic carbocycles. The first kappa shape index (κ1) is 34.7. The molecule has 2 fully saturated rings. The number of hydrogen-bond donors (Lipinski definition) is 2. The highest BCUT2D eigenvalue weighted by Gasteiger charge is 2.45. The zero-order valence-corrected chi connectivity index (χ0v) is 26.4. The minimum atomic E-state index is -5.09. The Bertz CT molecular complexity index is 1550. The Labute approximate surface area is 272 Å². The maximum Gasteiger partial charge on any atom is 0.416 e. The molecule has 1 aromatic heterocycles. The molecule has 2 aliphatic rings. The fourth-order valence-corrected chi connectivity index (χ4v) is 5.83.